The maximum atomic E-state index is 12.0. The second-order valence-electron chi connectivity index (χ2n) is 4.25. The highest BCUT2D eigenvalue weighted by molar-refractivity contribution is 8.18. The Hall–Kier alpha value is -2.48. The van der Waals surface area contributed by atoms with Gasteiger partial charge >= 0.3 is 0 Å². The molecule has 116 valence electrons. The van der Waals surface area contributed by atoms with Crippen molar-refractivity contribution in [1.82, 2.24) is 4.90 Å². The largest absolute Gasteiger partial charge is 0.548 e. The molecule has 0 radical (unpaired) electrons. The molecule has 0 atom stereocenters. The van der Waals surface area contributed by atoms with Gasteiger partial charge < -0.3 is 19.4 Å². The Morgan fingerprint density at radius 3 is 2.64 bits per heavy atom. The van der Waals surface area contributed by atoms with Crippen LogP contribution in [0, 0.1) is 0 Å². The zero-order valence-corrected chi connectivity index (χ0v) is 12.6. The molecule has 22 heavy (non-hydrogen) atoms. The summed E-state index contributed by atoms with van der Waals surface area (Å²) in [4.78, 5) is 35.0. The maximum Gasteiger partial charge on any atom is 0.293 e. The molecule has 2 amide bonds. The third-order valence-electron chi connectivity index (χ3n) is 2.89. The van der Waals surface area contributed by atoms with Crippen LogP contribution in [0.5, 0.6) is 11.5 Å². The van der Waals surface area contributed by atoms with Crippen molar-refractivity contribution in [2.75, 3.05) is 20.8 Å². The number of carbonyl (C=O) groups is 3. The first-order chi connectivity index (χ1) is 10.5. The van der Waals surface area contributed by atoms with E-state index in [0.29, 0.717) is 33.7 Å². The summed E-state index contributed by atoms with van der Waals surface area (Å²) in [7, 11) is 2.98. The first kappa shape index (κ1) is 15.9. The van der Waals surface area contributed by atoms with E-state index in [9.17, 15) is 19.5 Å². The predicted octanol–water partition coefficient (Wildman–Crippen LogP) is 0.490. The van der Waals surface area contributed by atoms with Crippen LogP contribution in [0.1, 0.15) is 5.56 Å². The Kier molecular flexibility index (Phi) is 4.71. The zero-order chi connectivity index (χ0) is 16.3. The van der Waals surface area contributed by atoms with Crippen molar-refractivity contribution in [3.05, 3.63) is 28.7 Å². The van der Waals surface area contributed by atoms with Gasteiger partial charge in [0.05, 0.1) is 31.6 Å². The maximum absolute atomic E-state index is 12.0. The van der Waals surface area contributed by atoms with Crippen LogP contribution in [0.15, 0.2) is 23.1 Å². The van der Waals surface area contributed by atoms with Crippen molar-refractivity contribution in [2.24, 2.45) is 0 Å². The summed E-state index contributed by atoms with van der Waals surface area (Å²) < 4.78 is 10.3. The molecule has 1 heterocycles. The SMILES string of the molecule is COc1ccc(/C=C2\SC(=O)N(CC(=O)[O-])C2=O)c(OC)c1. The van der Waals surface area contributed by atoms with Gasteiger partial charge in [-0.25, -0.2) is 0 Å². The lowest BCUT2D eigenvalue weighted by Gasteiger charge is -2.12. The number of rotatable bonds is 5. The normalized spacial score (nSPS) is 16.3. The van der Waals surface area contributed by atoms with E-state index in [1.165, 1.54) is 20.3 Å². The van der Waals surface area contributed by atoms with Crippen LogP contribution in [0.25, 0.3) is 6.08 Å². The number of thioether (sulfide) groups is 1. The van der Waals surface area contributed by atoms with Gasteiger partial charge in [0.1, 0.15) is 11.5 Å². The minimum Gasteiger partial charge on any atom is -0.548 e. The topological polar surface area (TPSA) is 96.0 Å². The van der Waals surface area contributed by atoms with Gasteiger partial charge in [-0.05, 0) is 30.0 Å². The summed E-state index contributed by atoms with van der Waals surface area (Å²) >= 11 is 0.668. The average Bonchev–Trinajstić information content (AvgIpc) is 2.75. The van der Waals surface area contributed by atoms with Gasteiger partial charge in [-0.1, -0.05) is 0 Å². The van der Waals surface area contributed by atoms with Gasteiger partial charge in [0.15, 0.2) is 0 Å². The van der Waals surface area contributed by atoms with E-state index < -0.39 is 23.7 Å². The van der Waals surface area contributed by atoms with Gasteiger partial charge in [-0.15, -0.1) is 0 Å². The van der Waals surface area contributed by atoms with Crippen molar-refractivity contribution in [1.29, 1.82) is 0 Å². The highest BCUT2D eigenvalue weighted by Gasteiger charge is 2.35. The smallest absolute Gasteiger partial charge is 0.293 e. The van der Waals surface area contributed by atoms with E-state index in [0.717, 1.165) is 0 Å². The van der Waals surface area contributed by atoms with E-state index >= 15 is 0 Å². The lowest BCUT2D eigenvalue weighted by molar-refractivity contribution is -0.305. The Balaban J connectivity index is 2.32. The highest BCUT2D eigenvalue weighted by atomic mass is 32.2. The quantitative estimate of drug-likeness (QED) is 0.728. The summed E-state index contributed by atoms with van der Waals surface area (Å²) in [6.07, 6.45) is 1.47. The van der Waals surface area contributed by atoms with Crippen LogP contribution in [-0.4, -0.2) is 42.8 Å². The summed E-state index contributed by atoms with van der Waals surface area (Å²) in [6, 6.07) is 4.99. The monoisotopic (exact) mass is 322 g/mol. The van der Waals surface area contributed by atoms with Crippen molar-refractivity contribution < 1.29 is 29.0 Å². The molecular formula is C14H12NO6S-. The lowest BCUT2D eigenvalue weighted by Crippen LogP contribution is -2.40. The predicted molar refractivity (Wildman–Crippen MR) is 77.2 cm³/mol. The number of hydrogen-bond donors (Lipinski definition) is 0. The molecular weight excluding hydrogens is 310 g/mol. The van der Waals surface area contributed by atoms with E-state index in [2.05, 4.69) is 0 Å². The van der Waals surface area contributed by atoms with Crippen molar-refractivity contribution in [3.63, 3.8) is 0 Å². The molecule has 0 bridgehead atoms. The number of aliphatic carboxylic acids is 1. The molecule has 0 aliphatic carbocycles. The van der Waals surface area contributed by atoms with E-state index in [4.69, 9.17) is 9.47 Å². The van der Waals surface area contributed by atoms with Gasteiger partial charge in [-0.2, -0.15) is 0 Å². The molecule has 1 aliphatic heterocycles. The average molecular weight is 322 g/mol. The molecule has 0 aromatic heterocycles. The van der Waals surface area contributed by atoms with E-state index in [1.807, 2.05) is 0 Å². The molecule has 0 spiro atoms. The minimum absolute atomic E-state index is 0.120. The van der Waals surface area contributed by atoms with Crippen LogP contribution >= 0.6 is 11.8 Å². The summed E-state index contributed by atoms with van der Waals surface area (Å²) in [6.45, 7) is -0.762. The molecule has 0 N–H and O–H groups in total. The fourth-order valence-corrected chi connectivity index (χ4v) is 2.67. The number of carboxylic acid groups (broad SMARTS) is 1. The van der Waals surface area contributed by atoms with Gasteiger partial charge in [0.2, 0.25) is 0 Å². The molecule has 1 fully saturated rings. The molecule has 0 unspecified atom stereocenters. The fourth-order valence-electron chi connectivity index (χ4n) is 1.84. The van der Waals surface area contributed by atoms with Crippen LogP contribution in [0.2, 0.25) is 0 Å². The molecule has 1 saturated heterocycles. The molecule has 1 aliphatic rings. The third-order valence-corrected chi connectivity index (χ3v) is 3.80. The summed E-state index contributed by atoms with van der Waals surface area (Å²) in [5.74, 6) is -1.12. The molecule has 7 nitrogen and oxygen atoms in total. The van der Waals surface area contributed by atoms with E-state index in [-0.39, 0.29) is 4.91 Å². The summed E-state index contributed by atoms with van der Waals surface area (Å²) in [5, 5.41) is 9.92. The first-order valence-corrected chi connectivity index (χ1v) is 6.95. The first-order valence-electron chi connectivity index (χ1n) is 6.13. The van der Waals surface area contributed by atoms with Crippen molar-refractivity contribution in [3.8, 4) is 11.5 Å². The number of amides is 2. The lowest BCUT2D eigenvalue weighted by atomic mass is 10.1. The van der Waals surface area contributed by atoms with E-state index in [1.54, 1.807) is 18.2 Å². The minimum atomic E-state index is -1.49. The third kappa shape index (κ3) is 3.22. The number of benzene rings is 1. The number of nitrogens with zero attached hydrogens (tertiary/aromatic N) is 1. The van der Waals surface area contributed by atoms with Crippen molar-refractivity contribution >= 4 is 35.0 Å². The summed E-state index contributed by atoms with van der Waals surface area (Å²) in [5.41, 5.74) is 0.572. The number of methoxy groups -OCH3 is 2. The van der Waals surface area contributed by atoms with Gasteiger partial charge in [0.25, 0.3) is 11.1 Å². The zero-order valence-electron chi connectivity index (χ0n) is 11.8. The van der Waals surface area contributed by atoms with Crippen LogP contribution in [0.4, 0.5) is 4.79 Å². The second kappa shape index (κ2) is 6.52. The Bertz CT molecular complexity index is 669. The molecule has 2 rings (SSSR count). The molecule has 8 heteroatoms. The molecule has 0 saturated carbocycles. The number of imide groups is 1. The standard InChI is InChI=1S/C14H13NO6S/c1-20-9-4-3-8(10(6-9)21-2)5-11-13(18)15(7-12(16)17)14(19)22-11/h3-6H,7H2,1-2H3,(H,16,17)/p-1/b11-5-. The number of carboxylic acids is 1. The van der Waals surface area contributed by atoms with Crippen LogP contribution in [-0.2, 0) is 9.59 Å². The fraction of sp³-hybridized carbons (Fsp3) is 0.214. The Morgan fingerprint density at radius 1 is 1.32 bits per heavy atom. The molecule has 1 aromatic rings. The number of carbonyl (C=O) groups excluding carboxylic acids is 3. The van der Waals surface area contributed by atoms with Crippen LogP contribution in [0.3, 0.4) is 0 Å². The van der Waals surface area contributed by atoms with Crippen molar-refractivity contribution in [2.45, 2.75) is 0 Å². The van der Waals surface area contributed by atoms with Crippen LogP contribution < -0.4 is 14.6 Å². The second-order valence-corrected chi connectivity index (χ2v) is 5.24. The highest BCUT2D eigenvalue weighted by Crippen LogP contribution is 2.34. The number of ether oxygens (including phenoxy) is 2. The van der Waals surface area contributed by atoms with Gasteiger partial charge in [-0.3, -0.25) is 14.5 Å². The van der Waals surface area contributed by atoms with Gasteiger partial charge in [0, 0.05) is 11.6 Å². The Morgan fingerprint density at radius 2 is 2.05 bits per heavy atom. The Labute approximate surface area is 130 Å². The molecule has 1 aromatic carbocycles. The number of hydrogen-bond acceptors (Lipinski definition) is 7.